The monoisotopic (exact) mass is 456 g/mol. The van der Waals surface area contributed by atoms with Gasteiger partial charge in [-0.1, -0.05) is 39.4 Å². The van der Waals surface area contributed by atoms with Crippen LogP contribution in [0, 0.1) is 12.7 Å². The molecule has 2 aromatic carbocycles. The van der Waals surface area contributed by atoms with Crippen molar-refractivity contribution in [2.24, 2.45) is 0 Å². The Hall–Kier alpha value is -2.58. The van der Waals surface area contributed by atoms with E-state index < -0.39 is 0 Å². The Morgan fingerprint density at radius 3 is 2.82 bits per heavy atom. The number of amides is 1. The van der Waals surface area contributed by atoms with Gasteiger partial charge in [0.25, 0.3) is 0 Å². The molecule has 1 amide bonds. The number of aromatic nitrogens is 3. The number of halogens is 2. The van der Waals surface area contributed by atoms with Crippen LogP contribution in [0.4, 0.5) is 10.2 Å². The Bertz CT molecular complexity index is 1230. The molecule has 0 spiro atoms. The van der Waals surface area contributed by atoms with Gasteiger partial charge in [-0.15, -0.1) is 0 Å². The summed E-state index contributed by atoms with van der Waals surface area (Å²) >= 11 is 4.99. The van der Waals surface area contributed by atoms with Gasteiger partial charge in [0.05, 0.1) is 15.9 Å². The van der Waals surface area contributed by atoms with Gasteiger partial charge in [0.15, 0.2) is 0 Å². The van der Waals surface area contributed by atoms with Gasteiger partial charge in [-0.3, -0.25) is 4.79 Å². The zero-order chi connectivity index (χ0) is 19.4. The van der Waals surface area contributed by atoms with Crippen molar-refractivity contribution < 1.29 is 9.18 Å². The molecule has 2 aromatic heterocycles. The zero-order valence-electron chi connectivity index (χ0n) is 14.7. The Labute approximate surface area is 172 Å². The van der Waals surface area contributed by atoms with Crippen LogP contribution in [0.5, 0.6) is 0 Å². The van der Waals surface area contributed by atoms with Gasteiger partial charge >= 0.3 is 0 Å². The van der Waals surface area contributed by atoms with E-state index in [2.05, 4.69) is 31.3 Å². The lowest BCUT2D eigenvalue weighted by Crippen LogP contribution is -2.24. The highest BCUT2D eigenvalue weighted by molar-refractivity contribution is 9.10. The molecular weight excluding hydrogens is 443 g/mol. The zero-order valence-corrected chi connectivity index (χ0v) is 17.1. The van der Waals surface area contributed by atoms with Crippen molar-refractivity contribution in [2.75, 3.05) is 5.32 Å². The van der Waals surface area contributed by atoms with Gasteiger partial charge in [-0.05, 0) is 42.8 Å². The first kappa shape index (κ1) is 17.5. The van der Waals surface area contributed by atoms with Crippen LogP contribution in [0.2, 0.25) is 0 Å². The van der Waals surface area contributed by atoms with E-state index in [9.17, 15) is 9.18 Å². The minimum Gasteiger partial charge on any atom is -0.310 e. The molecule has 0 unspecified atom stereocenters. The van der Waals surface area contributed by atoms with E-state index in [4.69, 9.17) is 0 Å². The van der Waals surface area contributed by atoms with Gasteiger partial charge in [0.2, 0.25) is 11.0 Å². The molecule has 1 aliphatic heterocycles. The maximum atomic E-state index is 13.4. The summed E-state index contributed by atoms with van der Waals surface area (Å²) in [6, 6.07) is 12.2. The highest BCUT2D eigenvalue weighted by Crippen LogP contribution is 2.41. The third-order valence-corrected chi connectivity index (χ3v) is 6.38. The number of fused-ring (bicyclic) bond motifs is 2. The number of carbonyl (C=O) groups is 1. The molecular formula is C20H14BrFN4OS. The first-order valence-corrected chi connectivity index (χ1v) is 10.3. The number of rotatable bonds is 2. The second-order valence-electron chi connectivity index (χ2n) is 6.72. The fraction of sp³-hybridized carbons (Fsp3) is 0.150. The summed E-state index contributed by atoms with van der Waals surface area (Å²) < 4.78 is 17.1. The average molecular weight is 457 g/mol. The average Bonchev–Trinajstić information content (AvgIpc) is 3.22. The van der Waals surface area contributed by atoms with Crippen molar-refractivity contribution in [2.45, 2.75) is 19.3 Å². The fourth-order valence-electron chi connectivity index (χ4n) is 3.64. The minimum atomic E-state index is -0.294. The Morgan fingerprint density at radius 2 is 2.04 bits per heavy atom. The molecule has 0 saturated carbocycles. The van der Waals surface area contributed by atoms with Crippen LogP contribution in [0.25, 0.3) is 15.3 Å². The van der Waals surface area contributed by atoms with Crippen molar-refractivity contribution in [3.05, 3.63) is 69.6 Å². The van der Waals surface area contributed by atoms with Gasteiger partial charge < -0.3 is 5.32 Å². The number of nitrogens with zero attached hydrogens (tertiary/aromatic N) is 3. The van der Waals surface area contributed by atoms with E-state index in [-0.39, 0.29) is 17.6 Å². The number of nitrogens with one attached hydrogen (secondary N) is 1. The SMILES string of the molecule is Cc1nn(-c2nc3ccc(Br)cc3s2)c2c1[C@@H](c1ccc(F)cc1)CC(=O)N2. The summed E-state index contributed by atoms with van der Waals surface area (Å²) in [5.41, 5.74) is 3.55. The molecule has 1 N–H and O–H groups in total. The normalized spacial score (nSPS) is 16.2. The number of benzene rings is 2. The molecule has 140 valence electrons. The first-order valence-electron chi connectivity index (χ1n) is 8.71. The lowest BCUT2D eigenvalue weighted by molar-refractivity contribution is -0.116. The summed E-state index contributed by atoms with van der Waals surface area (Å²) in [5.74, 6) is 0.0898. The molecule has 5 nitrogen and oxygen atoms in total. The van der Waals surface area contributed by atoms with E-state index in [0.717, 1.165) is 31.5 Å². The van der Waals surface area contributed by atoms with Gasteiger partial charge in [-0.25, -0.2) is 9.37 Å². The van der Waals surface area contributed by atoms with E-state index in [0.29, 0.717) is 17.4 Å². The number of hydrogen-bond acceptors (Lipinski definition) is 4. The highest BCUT2D eigenvalue weighted by Gasteiger charge is 2.33. The van der Waals surface area contributed by atoms with Gasteiger partial charge in [-0.2, -0.15) is 9.78 Å². The predicted octanol–water partition coefficient (Wildman–Crippen LogP) is 5.17. The second-order valence-corrected chi connectivity index (χ2v) is 8.65. The van der Waals surface area contributed by atoms with Crippen molar-refractivity contribution in [1.82, 2.24) is 14.8 Å². The van der Waals surface area contributed by atoms with Crippen LogP contribution < -0.4 is 5.32 Å². The minimum absolute atomic E-state index is 0.0909. The van der Waals surface area contributed by atoms with Crippen LogP contribution in [0.15, 0.2) is 46.9 Å². The van der Waals surface area contributed by atoms with E-state index >= 15 is 0 Å². The molecule has 0 saturated heterocycles. The van der Waals surface area contributed by atoms with E-state index in [1.54, 1.807) is 16.8 Å². The summed E-state index contributed by atoms with van der Waals surface area (Å²) in [6.07, 6.45) is 0.304. The Morgan fingerprint density at radius 1 is 1.25 bits per heavy atom. The number of thiazole rings is 1. The highest BCUT2D eigenvalue weighted by atomic mass is 79.9. The van der Waals surface area contributed by atoms with Gasteiger partial charge in [0, 0.05) is 22.4 Å². The molecule has 0 aliphatic carbocycles. The van der Waals surface area contributed by atoms with E-state index in [1.807, 2.05) is 25.1 Å². The topological polar surface area (TPSA) is 59.8 Å². The number of hydrogen-bond donors (Lipinski definition) is 1. The third-order valence-electron chi connectivity index (χ3n) is 4.90. The number of aryl methyl sites for hydroxylation is 1. The largest absolute Gasteiger partial charge is 0.310 e. The molecule has 1 aliphatic rings. The quantitative estimate of drug-likeness (QED) is 0.452. The maximum Gasteiger partial charge on any atom is 0.226 e. The molecule has 0 bridgehead atoms. The molecule has 3 heterocycles. The van der Waals surface area contributed by atoms with Crippen LogP contribution >= 0.6 is 27.3 Å². The third kappa shape index (κ3) is 2.84. The van der Waals surface area contributed by atoms with E-state index in [1.165, 1.54) is 23.5 Å². The van der Waals surface area contributed by atoms with Crippen molar-refractivity contribution in [3.8, 4) is 5.13 Å². The van der Waals surface area contributed by atoms with Crippen molar-refractivity contribution in [3.63, 3.8) is 0 Å². The number of carbonyl (C=O) groups excluding carboxylic acids is 1. The second kappa shape index (κ2) is 6.49. The molecule has 28 heavy (non-hydrogen) atoms. The molecule has 0 fully saturated rings. The van der Waals surface area contributed by atoms with Crippen molar-refractivity contribution in [1.29, 1.82) is 0 Å². The lowest BCUT2D eigenvalue weighted by Gasteiger charge is -2.24. The first-order chi connectivity index (χ1) is 13.5. The smallest absolute Gasteiger partial charge is 0.226 e. The fourth-order valence-corrected chi connectivity index (χ4v) is 5.12. The molecule has 5 rings (SSSR count). The Balaban J connectivity index is 1.67. The van der Waals surface area contributed by atoms with Crippen LogP contribution in [-0.4, -0.2) is 20.7 Å². The molecule has 1 atom stereocenters. The standard InChI is InChI=1S/C20H14BrFN4OS/c1-10-18-14(11-2-5-13(22)6-3-11)9-17(27)24-19(18)26(25-10)20-23-15-7-4-12(21)8-16(15)28-20/h2-8,14H,9H2,1H3,(H,24,27)/t14-/m1/s1. The van der Waals surface area contributed by atoms with Gasteiger partial charge in [0.1, 0.15) is 11.6 Å². The van der Waals surface area contributed by atoms with Crippen LogP contribution in [-0.2, 0) is 4.79 Å². The number of anilines is 1. The summed E-state index contributed by atoms with van der Waals surface area (Å²) in [4.78, 5) is 17.1. The Kier molecular flexibility index (Phi) is 4.06. The predicted molar refractivity (Wildman–Crippen MR) is 111 cm³/mol. The van der Waals surface area contributed by atoms with Crippen LogP contribution in [0.1, 0.15) is 29.2 Å². The van der Waals surface area contributed by atoms with Crippen LogP contribution in [0.3, 0.4) is 0 Å². The maximum absolute atomic E-state index is 13.4. The molecule has 8 heteroatoms. The summed E-state index contributed by atoms with van der Waals surface area (Å²) in [6.45, 7) is 1.92. The molecule has 0 radical (unpaired) electrons. The molecule has 4 aromatic rings. The van der Waals surface area contributed by atoms with Crippen molar-refractivity contribution >= 4 is 49.2 Å². The summed E-state index contributed by atoms with van der Waals surface area (Å²) in [5, 5.41) is 8.32. The lowest BCUT2D eigenvalue weighted by atomic mass is 9.86. The summed E-state index contributed by atoms with van der Waals surface area (Å²) in [7, 11) is 0.